The van der Waals surface area contributed by atoms with Gasteiger partial charge in [-0.15, -0.1) is 0 Å². The predicted octanol–water partition coefficient (Wildman–Crippen LogP) is 6.50. The van der Waals surface area contributed by atoms with Gasteiger partial charge in [0.05, 0.1) is 27.8 Å². The highest BCUT2D eigenvalue weighted by molar-refractivity contribution is 7.92. The summed E-state index contributed by atoms with van der Waals surface area (Å²) in [5, 5.41) is 10.1. The zero-order chi connectivity index (χ0) is 28.8. The van der Waals surface area contributed by atoms with Crippen molar-refractivity contribution in [1.29, 1.82) is 5.26 Å². The van der Waals surface area contributed by atoms with Crippen LogP contribution in [0.2, 0.25) is 5.02 Å². The Kier molecular flexibility index (Phi) is 8.93. The first kappa shape index (κ1) is 28.9. The van der Waals surface area contributed by atoms with Crippen molar-refractivity contribution in [2.24, 2.45) is 0 Å². The van der Waals surface area contributed by atoms with Gasteiger partial charge in [-0.05, 0) is 60.0 Å². The number of anilines is 1. The molecule has 0 spiro atoms. The number of nitrogens with one attached hydrogen (secondary N) is 1. The lowest BCUT2D eigenvalue weighted by Crippen LogP contribution is -2.19. The Morgan fingerprint density at radius 1 is 1.00 bits per heavy atom. The van der Waals surface area contributed by atoms with E-state index in [9.17, 15) is 13.7 Å². The van der Waals surface area contributed by atoms with Crippen LogP contribution in [0.3, 0.4) is 0 Å². The van der Waals surface area contributed by atoms with Gasteiger partial charge in [0, 0.05) is 11.6 Å². The maximum absolute atomic E-state index is 12.6. The van der Waals surface area contributed by atoms with Crippen LogP contribution in [0, 0.1) is 11.3 Å². The van der Waals surface area contributed by atoms with E-state index in [0.29, 0.717) is 34.4 Å². The van der Waals surface area contributed by atoms with Crippen molar-refractivity contribution >= 4 is 27.6 Å². The lowest BCUT2D eigenvalue weighted by Gasteiger charge is -2.27. The molecule has 1 aromatic heterocycles. The van der Waals surface area contributed by atoms with Crippen molar-refractivity contribution < 1.29 is 17.9 Å². The molecule has 4 rings (SSSR count). The number of halogens is 1. The average Bonchev–Trinajstić information content (AvgIpc) is 2.95. The molecule has 40 heavy (non-hydrogen) atoms. The summed E-state index contributed by atoms with van der Waals surface area (Å²) in [4.78, 5) is 8.41. The van der Waals surface area contributed by atoms with E-state index in [1.807, 2.05) is 43.3 Å². The molecule has 0 unspecified atom stereocenters. The molecule has 0 saturated carbocycles. The van der Waals surface area contributed by atoms with Crippen LogP contribution in [0.1, 0.15) is 49.6 Å². The Morgan fingerprint density at radius 3 is 2.40 bits per heavy atom. The summed E-state index contributed by atoms with van der Waals surface area (Å²) in [6.07, 6.45) is 2.29. The summed E-state index contributed by atoms with van der Waals surface area (Å²) in [7, 11) is -3.80. The molecule has 0 amide bonds. The molecule has 10 heteroatoms. The number of aromatic nitrogens is 2. The minimum absolute atomic E-state index is 0.0384. The molecule has 8 nitrogen and oxygen atoms in total. The maximum Gasteiger partial charge on any atom is 0.264 e. The summed E-state index contributed by atoms with van der Waals surface area (Å²) in [5.74, 6) is 0.988. The van der Waals surface area contributed by atoms with Crippen molar-refractivity contribution in [3.8, 4) is 17.6 Å². The summed E-state index contributed by atoms with van der Waals surface area (Å²) in [6.45, 7) is 6.71. The Morgan fingerprint density at radius 2 is 1.73 bits per heavy atom. The molecule has 0 fully saturated rings. The number of rotatable bonds is 11. The molecule has 0 bridgehead atoms. The van der Waals surface area contributed by atoms with Crippen LogP contribution in [0.25, 0.3) is 0 Å². The molecule has 0 radical (unpaired) electrons. The summed E-state index contributed by atoms with van der Waals surface area (Å²) in [5.41, 5.74) is 2.35. The molecule has 1 N–H and O–H groups in total. The molecule has 4 aromatic rings. The van der Waals surface area contributed by atoms with Crippen LogP contribution in [0.5, 0.6) is 11.5 Å². The summed E-state index contributed by atoms with van der Waals surface area (Å²) >= 11 is 6.50. The van der Waals surface area contributed by atoms with Crippen molar-refractivity contribution in [1.82, 2.24) is 9.97 Å². The topological polar surface area (TPSA) is 114 Å². The highest BCUT2D eigenvalue weighted by atomic mass is 35.5. The van der Waals surface area contributed by atoms with E-state index in [1.165, 1.54) is 18.3 Å². The summed E-state index contributed by atoms with van der Waals surface area (Å²) < 4.78 is 39.1. The third-order valence-corrected chi connectivity index (χ3v) is 7.92. The fourth-order valence-corrected chi connectivity index (χ4v) is 5.23. The van der Waals surface area contributed by atoms with Crippen LogP contribution in [-0.4, -0.2) is 25.0 Å². The van der Waals surface area contributed by atoms with Gasteiger partial charge in [0.1, 0.15) is 18.4 Å². The fourth-order valence-electron chi connectivity index (χ4n) is 3.98. The minimum atomic E-state index is -3.80. The second-order valence-electron chi connectivity index (χ2n) is 9.52. The Labute approximate surface area is 239 Å². The largest absolute Gasteiger partial charge is 0.491 e. The van der Waals surface area contributed by atoms with Gasteiger partial charge in [0.25, 0.3) is 10.0 Å². The third kappa shape index (κ3) is 6.71. The second-order valence-corrected chi connectivity index (χ2v) is 11.6. The molecule has 3 aromatic carbocycles. The van der Waals surface area contributed by atoms with Gasteiger partial charge in [-0.3, -0.25) is 0 Å². The quantitative estimate of drug-likeness (QED) is 0.217. The van der Waals surface area contributed by atoms with Gasteiger partial charge in [-0.2, -0.15) is 5.26 Å². The molecule has 0 aliphatic rings. The van der Waals surface area contributed by atoms with E-state index >= 15 is 0 Å². The Balaban J connectivity index is 1.45. The summed E-state index contributed by atoms with van der Waals surface area (Å²) in [6, 6.07) is 23.1. The van der Waals surface area contributed by atoms with Crippen molar-refractivity contribution in [3.63, 3.8) is 0 Å². The number of sulfonamides is 1. The highest BCUT2D eigenvalue weighted by Crippen LogP contribution is 2.38. The van der Waals surface area contributed by atoms with E-state index in [2.05, 4.69) is 34.6 Å². The highest BCUT2D eigenvalue weighted by Gasteiger charge is 2.26. The molecule has 0 aliphatic carbocycles. The van der Waals surface area contributed by atoms with E-state index in [-0.39, 0.29) is 17.5 Å². The van der Waals surface area contributed by atoms with Crippen LogP contribution >= 0.6 is 11.6 Å². The molecule has 0 aliphatic heterocycles. The Hall–Kier alpha value is -4.13. The molecule has 0 saturated heterocycles. The molecular weight excluding hydrogens is 548 g/mol. The average molecular weight is 577 g/mol. The second kappa shape index (κ2) is 12.4. The van der Waals surface area contributed by atoms with Crippen molar-refractivity contribution in [2.45, 2.75) is 44.1 Å². The smallest absolute Gasteiger partial charge is 0.264 e. The van der Waals surface area contributed by atoms with Gasteiger partial charge < -0.3 is 9.47 Å². The van der Waals surface area contributed by atoms with Crippen LogP contribution < -0.4 is 14.2 Å². The minimum Gasteiger partial charge on any atom is -0.491 e. The number of nitriles is 1. The van der Waals surface area contributed by atoms with Gasteiger partial charge >= 0.3 is 0 Å². The molecule has 206 valence electrons. The fraction of sp³-hybridized carbons (Fsp3) is 0.233. The zero-order valence-electron chi connectivity index (χ0n) is 22.4. The van der Waals surface area contributed by atoms with Gasteiger partial charge in [0.2, 0.25) is 5.95 Å². The number of benzene rings is 3. The van der Waals surface area contributed by atoms with Crippen LogP contribution in [0.15, 0.2) is 83.9 Å². The lowest BCUT2D eigenvalue weighted by atomic mass is 9.77. The van der Waals surface area contributed by atoms with E-state index in [4.69, 9.17) is 21.1 Å². The zero-order valence-corrected chi connectivity index (χ0v) is 24.0. The van der Waals surface area contributed by atoms with E-state index < -0.39 is 15.4 Å². The van der Waals surface area contributed by atoms with Gasteiger partial charge in [-0.25, -0.2) is 23.1 Å². The van der Waals surface area contributed by atoms with Crippen LogP contribution in [0.4, 0.5) is 5.95 Å². The number of hydrogen-bond donors (Lipinski definition) is 1. The Bertz CT molecular complexity index is 1620. The van der Waals surface area contributed by atoms with Crippen molar-refractivity contribution in [3.05, 3.63) is 106 Å². The van der Waals surface area contributed by atoms with Gasteiger partial charge in [-0.1, -0.05) is 62.7 Å². The normalized spacial score (nSPS) is 11.5. The predicted molar refractivity (Wildman–Crippen MR) is 154 cm³/mol. The van der Waals surface area contributed by atoms with E-state index in [0.717, 1.165) is 17.5 Å². The number of nitrogens with zero attached hydrogens (tertiary/aromatic N) is 3. The first-order valence-electron chi connectivity index (χ1n) is 12.6. The third-order valence-electron chi connectivity index (χ3n) is 6.29. The molecule has 1 heterocycles. The SMILES string of the molecule is CCCOc1c(Cl)cc(C(C)(C)c2ccc(OCc3ccnc(NS(=O)(=O)c4ccccc4)n3)cc2)cc1C#N. The monoisotopic (exact) mass is 576 g/mol. The molecular formula is C30H29ClN4O4S. The first-order chi connectivity index (χ1) is 19.1. The van der Waals surface area contributed by atoms with Gasteiger partial charge in [0.15, 0.2) is 5.75 Å². The van der Waals surface area contributed by atoms with E-state index in [1.54, 1.807) is 24.3 Å². The first-order valence-corrected chi connectivity index (χ1v) is 14.5. The molecule has 0 atom stereocenters. The lowest BCUT2D eigenvalue weighted by molar-refractivity contribution is 0.301. The number of hydrogen-bond acceptors (Lipinski definition) is 7. The van der Waals surface area contributed by atoms with Crippen LogP contribution in [-0.2, 0) is 22.0 Å². The maximum atomic E-state index is 12.6. The standard InChI is InChI=1S/C30H29ClN4O4S/c1-4-16-38-28-21(19-32)17-23(18-27(28)31)30(2,3)22-10-12-25(13-11-22)39-20-24-14-15-33-29(34-24)35-40(36,37)26-8-6-5-7-9-26/h5-15,17-18H,4,16,20H2,1-3H3,(H,33,34,35). The number of ether oxygens (including phenoxy) is 2. The van der Waals surface area contributed by atoms with Crippen molar-refractivity contribution in [2.75, 3.05) is 11.3 Å².